The molecule has 0 spiro atoms. The number of amides is 1. The third-order valence-corrected chi connectivity index (χ3v) is 9.54. The first-order chi connectivity index (χ1) is 20.8. The van der Waals surface area contributed by atoms with Gasteiger partial charge in [0, 0.05) is 68.6 Å². The van der Waals surface area contributed by atoms with E-state index in [9.17, 15) is 14.7 Å². The zero-order valence-corrected chi connectivity index (χ0v) is 24.8. The third-order valence-electron chi connectivity index (χ3n) is 9.54. The van der Waals surface area contributed by atoms with Gasteiger partial charge in [0.15, 0.2) is 0 Å². The fraction of sp³-hybridized carbons (Fsp3) is 0.371. The Kier molecular flexibility index (Phi) is 7.06. The summed E-state index contributed by atoms with van der Waals surface area (Å²) in [7, 11) is 3.81. The van der Waals surface area contributed by atoms with Gasteiger partial charge in [0.1, 0.15) is 11.5 Å². The number of hydrogen-bond donors (Lipinski definition) is 1. The van der Waals surface area contributed by atoms with Crippen molar-refractivity contribution < 1.29 is 14.3 Å². The lowest BCUT2D eigenvalue weighted by atomic mass is 9.90. The quantitative estimate of drug-likeness (QED) is 0.361. The highest BCUT2D eigenvalue weighted by Gasteiger charge is 2.32. The first kappa shape index (κ1) is 27.8. The fourth-order valence-corrected chi connectivity index (χ4v) is 7.25. The maximum atomic E-state index is 15.3. The number of halogens is 1. The number of carbonyl (C=O) groups is 1. The van der Waals surface area contributed by atoms with Crippen LogP contribution in [0.1, 0.15) is 62.8 Å². The number of nitrogens with zero attached hydrogens (tertiary/aromatic N) is 4. The lowest BCUT2D eigenvalue weighted by Gasteiger charge is -2.36. The molecule has 0 unspecified atom stereocenters. The highest BCUT2D eigenvalue weighted by Crippen LogP contribution is 2.36. The standard InChI is InChI=1S/C35H37FN4O3/c1-37-18-27(19-37)23-9-7-22(8-10-23)13-25-14-26(20-38(2)34(25)42)29-16-28(36)17-32(30(29)21-41)40-12-11-39-31-6-4-3-5-24(31)15-33(39)35(40)43/h7-10,14-17,20,27,41H,3-6,11-13,18-19,21H2,1-2H3. The van der Waals surface area contributed by atoms with Crippen LogP contribution in [0.15, 0.2) is 59.5 Å². The van der Waals surface area contributed by atoms with Crippen molar-refractivity contribution in [1.29, 1.82) is 0 Å². The highest BCUT2D eigenvalue weighted by molar-refractivity contribution is 6.07. The second-order valence-corrected chi connectivity index (χ2v) is 12.4. The maximum Gasteiger partial charge on any atom is 0.274 e. The van der Waals surface area contributed by atoms with Gasteiger partial charge in [0.2, 0.25) is 0 Å². The molecule has 222 valence electrons. The Bertz CT molecular complexity index is 1780. The van der Waals surface area contributed by atoms with Crippen molar-refractivity contribution in [2.24, 2.45) is 7.05 Å². The van der Waals surface area contributed by atoms with E-state index in [1.807, 2.05) is 6.07 Å². The molecule has 43 heavy (non-hydrogen) atoms. The second kappa shape index (κ2) is 10.9. The molecule has 1 amide bonds. The lowest BCUT2D eigenvalue weighted by molar-refractivity contribution is 0.0964. The normalized spacial score (nSPS) is 17.1. The van der Waals surface area contributed by atoms with E-state index in [4.69, 9.17) is 0 Å². The van der Waals surface area contributed by atoms with E-state index in [0.717, 1.165) is 44.3 Å². The number of pyridine rings is 1. The van der Waals surface area contributed by atoms with Gasteiger partial charge in [0.05, 0.1) is 12.3 Å². The van der Waals surface area contributed by atoms with E-state index in [1.54, 1.807) is 24.2 Å². The maximum absolute atomic E-state index is 15.3. The molecule has 0 radical (unpaired) electrons. The molecule has 7 rings (SSSR count). The Morgan fingerprint density at radius 3 is 2.47 bits per heavy atom. The largest absolute Gasteiger partial charge is 0.392 e. The molecular weight excluding hydrogens is 543 g/mol. The molecule has 4 aromatic rings. The van der Waals surface area contributed by atoms with Crippen LogP contribution >= 0.6 is 0 Å². The molecule has 1 saturated heterocycles. The first-order valence-corrected chi connectivity index (χ1v) is 15.2. The molecule has 0 saturated carbocycles. The number of aliphatic hydroxyl groups excluding tert-OH is 1. The summed E-state index contributed by atoms with van der Waals surface area (Å²) in [5.41, 5.74) is 7.87. The van der Waals surface area contributed by atoms with Crippen molar-refractivity contribution in [3.63, 3.8) is 0 Å². The minimum atomic E-state index is -0.497. The molecule has 8 heteroatoms. The molecule has 4 heterocycles. The van der Waals surface area contributed by atoms with Crippen molar-refractivity contribution in [2.45, 2.75) is 51.2 Å². The summed E-state index contributed by atoms with van der Waals surface area (Å²) < 4.78 is 18.9. The Labute approximate surface area is 250 Å². The smallest absolute Gasteiger partial charge is 0.274 e. The second-order valence-electron chi connectivity index (χ2n) is 12.4. The van der Waals surface area contributed by atoms with Gasteiger partial charge in [-0.15, -0.1) is 0 Å². The zero-order valence-electron chi connectivity index (χ0n) is 24.8. The minimum absolute atomic E-state index is 0.119. The Morgan fingerprint density at radius 2 is 1.72 bits per heavy atom. The highest BCUT2D eigenvalue weighted by atomic mass is 19.1. The van der Waals surface area contributed by atoms with E-state index in [0.29, 0.717) is 59.1 Å². The van der Waals surface area contributed by atoms with Gasteiger partial charge < -0.3 is 24.0 Å². The van der Waals surface area contributed by atoms with Gasteiger partial charge in [-0.3, -0.25) is 9.59 Å². The molecule has 3 aliphatic rings. The van der Waals surface area contributed by atoms with E-state index < -0.39 is 5.82 Å². The summed E-state index contributed by atoms with van der Waals surface area (Å²) in [4.78, 5) is 30.8. The van der Waals surface area contributed by atoms with Gasteiger partial charge >= 0.3 is 0 Å². The zero-order chi connectivity index (χ0) is 29.8. The molecule has 1 fully saturated rings. The molecule has 1 N–H and O–H groups in total. The van der Waals surface area contributed by atoms with Crippen LogP contribution in [-0.2, 0) is 39.5 Å². The first-order valence-electron chi connectivity index (χ1n) is 15.2. The van der Waals surface area contributed by atoms with Crippen LogP contribution in [-0.4, -0.2) is 51.7 Å². The van der Waals surface area contributed by atoms with Crippen LogP contribution < -0.4 is 10.5 Å². The Balaban J connectivity index is 1.23. The van der Waals surface area contributed by atoms with Crippen LogP contribution in [0.5, 0.6) is 0 Å². The van der Waals surface area contributed by atoms with Crippen molar-refractivity contribution in [2.75, 3.05) is 31.6 Å². The Hall–Kier alpha value is -4.01. The van der Waals surface area contributed by atoms with Crippen molar-refractivity contribution in [1.82, 2.24) is 14.0 Å². The van der Waals surface area contributed by atoms with Crippen LogP contribution in [0, 0.1) is 5.82 Å². The number of likely N-dealkylation sites (N-methyl/N-ethyl adjacent to an activating group) is 1. The molecule has 0 atom stereocenters. The predicted molar refractivity (Wildman–Crippen MR) is 165 cm³/mol. The van der Waals surface area contributed by atoms with Crippen LogP contribution in [0.4, 0.5) is 10.1 Å². The number of anilines is 1. The Morgan fingerprint density at radius 1 is 0.953 bits per heavy atom. The van der Waals surface area contributed by atoms with Gasteiger partial charge in [-0.2, -0.15) is 0 Å². The minimum Gasteiger partial charge on any atom is -0.392 e. The summed E-state index contributed by atoms with van der Waals surface area (Å²) >= 11 is 0. The number of fused-ring (bicyclic) bond motifs is 3. The average Bonchev–Trinajstić information content (AvgIpc) is 3.38. The van der Waals surface area contributed by atoms with Crippen LogP contribution in [0.2, 0.25) is 0 Å². The van der Waals surface area contributed by atoms with Crippen molar-refractivity contribution in [3.8, 4) is 11.1 Å². The number of aliphatic hydroxyl groups is 1. The third kappa shape index (κ3) is 4.92. The van der Waals surface area contributed by atoms with Crippen LogP contribution in [0.3, 0.4) is 0 Å². The van der Waals surface area contributed by atoms with E-state index in [2.05, 4.69) is 40.8 Å². The number of hydrogen-bond acceptors (Lipinski definition) is 4. The number of aryl methyl sites for hydroxylation is 2. The van der Waals surface area contributed by atoms with Crippen molar-refractivity contribution >= 4 is 11.6 Å². The lowest BCUT2D eigenvalue weighted by Crippen LogP contribution is -2.41. The SMILES string of the molecule is CN1CC(c2ccc(Cc3cc(-c4cc(F)cc(N5CCn6c(cc7c6CCCC7)C5=O)c4CO)cn(C)c3=O)cc2)C1. The van der Waals surface area contributed by atoms with Gasteiger partial charge in [-0.1, -0.05) is 24.3 Å². The number of likely N-dealkylation sites (tertiary alicyclic amines) is 1. The summed E-state index contributed by atoms with van der Waals surface area (Å²) in [6.45, 7) is 2.77. The summed E-state index contributed by atoms with van der Waals surface area (Å²) in [5, 5.41) is 10.6. The van der Waals surface area contributed by atoms with Gasteiger partial charge in [-0.05, 0) is 84.8 Å². The number of carbonyl (C=O) groups excluding carboxylic acids is 1. The van der Waals surface area contributed by atoms with Gasteiger partial charge in [0.25, 0.3) is 11.5 Å². The van der Waals surface area contributed by atoms with Gasteiger partial charge in [-0.25, -0.2) is 4.39 Å². The molecule has 7 nitrogen and oxygen atoms in total. The van der Waals surface area contributed by atoms with E-state index >= 15 is 4.39 Å². The fourth-order valence-electron chi connectivity index (χ4n) is 7.25. The molecule has 2 aromatic heterocycles. The van der Waals surface area contributed by atoms with Crippen LogP contribution in [0.25, 0.3) is 11.1 Å². The molecule has 1 aliphatic carbocycles. The molecule has 2 aromatic carbocycles. The molecular formula is C35H37FN4O3. The molecule has 2 aliphatic heterocycles. The van der Waals surface area contributed by atoms with E-state index in [1.165, 1.54) is 33.5 Å². The number of aromatic nitrogens is 2. The monoisotopic (exact) mass is 580 g/mol. The number of benzene rings is 2. The average molecular weight is 581 g/mol. The molecule has 0 bridgehead atoms. The summed E-state index contributed by atoms with van der Waals surface area (Å²) in [5.74, 6) is -0.122. The topological polar surface area (TPSA) is 70.7 Å². The number of rotatable bonds is 6. The summed E-state index contributed by atoms with van der Waals surface area (Å²) in [6, 6.07) is 15.0. The predicted octanol–water partition coefficient (Wildman–Crippen LogP) is 4.64. The summed E-state index contributed by atoms with van der Waals surface area (Å²) in [6.07, 6.45) is 6.33. The van der Waals surface area contributed by atoms with Crippen molar-refractivity contribution in [3.05, 3.63) is 110 Å². The van der Waals surface area contributed by atoms with E-state index in [-0.39, 0.29) is 18.1 Å².